The van der Waals surface area contributed by atoms with Gasteiger partial charge in [0.1, 0.15) is 11.6 Å². The van der Waals surface area contributed by atoms with E-state index in [1.807, 2.05) is 0 Å². The number of anilines is 1. The lowest BCUT2D eigenvalue weighted by Gasteiger charge is -2.11. The van der Waals surface area contributed by atoms with Crippen molar-refractivity contribution >= 4 is 5.82 Å². The number of aromatic nitrogens is 2. The molecule has 3 rings (SSSR count). The number of nitrogens with zero attached hydrogens (tertiary/aromatic N) is 2. The second-order valence-electron chi connectivity index (χ2n) is 5.34. The molecule has 1 fully saturated rings. The molecule has 1 aromatic heterocycles. The highest BCUT2D eigenvalue weighted by Gasteiger charge is 2.25. The van der Waals surface area contributed by atoms with Crippen LogP contribution in [0.5, 0.6) is 0 Å². The Hall–Kier alpha value is -1.12. The zero-order valence-corrected chi connectivity index (χ0v) is 10.6. The van der Waals surface area contributed by atoms with Gasteiger partial charge in [0, 0.05) is 24.2 Å². The average Bonchev–Trinajstić information content (AvgIpc) is 3.01. The minimum absolute atomic E-state index is 0.869. The molecule has 0 spiro atoms. The highest BCUT2D eigenvalue weighted by molar-refractivity contribution is 5.48. The van der Waals surface area contributed by atoms with Crippen molar-refractivity contribution in [2.45, 2.75) is 51.9 Å². The highest BCUT2D eigenvalue weighted by atomic mass is 15.0. The van der Waals surface area contributed by atoms with Gasteiger partial charge < -0.3 is 5.32 Å². The van der Waals surface area contributed by atoms with E-state index >= 15 is 0 Å². The maximum atomic E-state index is 4.75. The summed E-state index contributed by atoms with van der Waals surface area (Å²) in [6.45, 7) is 3.21. The molecule has 17 heavy (non-hydrogen) atoms. The summed E-state index contributed by atoms with van der Waals surface area (Å²) in [4.78, 5) is 9.49. The van der Waals surface area contributed by atoms with Crippen LogP contribution in [0.1, 0.15) is 49.7 Å². The molecule has 3 nitrogen and oxygen atoms in total. The molecule has 2 aliphatic carbocycles. The van der Waals surface area contributed by atoms with Crippen molar-refractivity contribution in [2.75, 3.05) is 11.9 Å². The lowest BCUT2D eigenvalue weighted by atomic mass is 10.2. The Kier molecular flexibility index (Phi) is 3.00. The standard InChI is InChI=1S/C14H21N3/c1-2-8-15-14-11-4-3-5-12(11)16-13(17-14)9-10-6-7-10/h10H,2-9H2,1H3,(H,15,16,17). The lowest BCUT2D eigenvalue weighted by molar-refractivity contribution is 0.758. The minimum atomic E-state index is 0.869. The summed E-state index contributed by atoms with van der Waals surface area (Å²) >= 11 is 0. The molecule has 0 bridgehead atoms. The largest absolute Gasteiger partial charge is 0.370 e. The Balaban J connectivity index is 1.85. The third-order valence-corrected chi connectivity index (χ3v) is 3.69. The molecular formula is C14H21N3. The third kappa shape index (κ3) is 2.43. The van der Waals surface area contributed by atoms with Crippen LogP contribution in [0, 0.1) is 5.92 Å². The van der Waals surface area contributed by atoms with E-state index in [0.29, 0.717) is 0 Å². The number of aryl methyl sites for hydroxylation is 1. The van der Waals surface area contributed by atoms with Crippen molar-refractivity contribution in [1.82, 2.24) is 9.97 Å². The molecule has 1 heterocycles. The van der Waals surface area contributed by atoms with Crippen LogP contribution in [0.25, 0.3) is 0 Å². The topological polar surface area (TPSA) is 37.8 Å². The van der Waals surface area contributed by atoms with E-state index in [-0.39, 0.29) is 0 Å². The number of hydrogen-bond donors (Lipinski definition) is 1. The van der Waals surface area contributed by atoms with Gasteiger partial charge in [0.25, 0.3) is 0 Å². The molecular weight excluding hydrogens is 210 g/mol. The first-order chi connectivity index (χ1) is 8.36. The molecule has 1 N–H and O–H groups in total. The van der Waals surface area contributed by atoms with Gasteiger partial charge in [-0.1, -0.05) is 6.92 Å². The Morgan fingerprint density at radius 3 is 2.88 bits per heavy atom. The van der Waals surface area contributed by atoms with E-state index in [1.165, 1.54) is 30.5 Å². The summed E-state index contributed by atoms with van der Waals surface area (Å²) in [5.74, 6) is 3.07. The SMILES string of the molecule is CCCNc1nc(CC2CC2)nc2c1CCC2. The predicted molar refractivity (Wildman–Crippen MR) is 69.3 cm³/mol. The van der Waals surface area contributed by atoms with E-state index < -0.39 is 0 Å². The van der Waals surface area contributed by atoms with Gasteiger partial charge >= 0.3 is 0 Å². The maximum absolute atomic E-state index is 4.75. The number of nitrogens with one attached hydrogen (secondary N) is 1. The first-order valence-corrected chi connectivity index (χ1v) is 6.99. The summed E-state index contributed by atoms with van der Waals surface area (Å²) in [7, 11) is 0. The van der Waals surface area contributed by atoms with Gasteiger partial charge in [-0.25, -0.2) is 9.97 Å². The molecule has 92 valence electrons. The lowest BCUT2D eigenvalue weighted by Crippen LogP contribution is -2.10. The summed E-state index contributed by atoms with van der Waals surface area (Å²) in [5, 5.41) is 3.48. The van der Waals surface area contributed by atoms with Gasteiger partial charge in [-0.2, -0.15) is 0 Å². The van der Waals surface area contributed by atoms with Crippen LogP contribution in [0.3, 0.4) is 0 Å². The quantitative estimate of drug-likeness (QED) is 0.846. The Labute approximate surface area is 103 Å². The van der Waals surface area contributed by atoms with Gasteiger partial charge in [-0.3, -0.25) is 0 Å². The molecule has 0 radical (unpaired) electrons. The van der Waals surface area contributed by atoms with Crippen LogP contribution in [-0.2, 0) is 19.3 Å². The van der Waals surface area contributed by atoms with Gasteiger partial charge in [0.15, 0.2) is 0 Å². The van der Waals surface area contributed by atoms with E-state index in [9.17, 15) is 0 Å². The number of rotatable bonds is 5. The van der Waals surface area contributed by atoms with Crippen molar-refractivity contribution < 1.29 is 0 Å². The molecule has 0 aliphatic heterocycles. The van der Waals surface area contributed by atoms with Crippen LogP contribution >= 0.6 is 0 Å². The molecule has 1 aromatic rings. The van der Waals surface area contributed by atoms with Crippen molar-refractivity contribution in [3.05, 3.63) is 17.1 Å². The van der Waals surface area contributed by atoms with Gasteiger partial charge in [-0.15, -0.1) is 0 Å². The Bertz CT molecular complexity index is 410. The maximum Gasteiger partial charge on any atom is 0.133 e. The van der Waals surface area contributed by atoms with E-state index in [0.717, 1.165) is 49.8 Å². The zero-order valence-electron chi connectivity index (χ0n) is 10.6. The van der Waals surface area contributed by atoms with Crippen molar-refractivity contribution in [3.63, 3.8) is 0 Å². The number of fused-ring (bicyclic) bond motifs is 1. The van der Waals surface area contributed by atoms with Crippen LogP contribution in [0.4, 0.5) is 5.82 Å². The van der Waals surface area contributed by atoms with Crippen LogP contribution in [-0.4, -0.2) is 16.5 Å². The van der Waals surface area contributed by atoms with Crippen molar-refractivity contribution in [1.29, 1.82) is 0 Å². The predicted octanol–water partition coefficient (Wildman–Crippen LogP) is 2.74. The Morgan fingerprint density at radius 2 is 2.12 bits per heavy atom. The fourth-order valence-corrected chi connectivity index (χ4v) is 2.54. The molecule has 0 saturated heterocycles. The normalized spacial score (nSPS) is 18.2. The fraction of sp³-hybridized carbons (Fsp3) is 0.714. The first kappa shape index (κ1) is 11.0. The molecule has 0 aromatic carbocycles. The summed E-state index contributed by atoms with van der Waals surface area (Å²) in [6, 6.07) is 0. The summed E-state index contributed by atoms with van der Waals surface area (Å²) < 4.78 is 0. The van der Waals surface area contributed by atoms with Crippen molar-refractivity contribution in [2.24, 2.45) is 5.92 Å². The second kappa shape index (κ2) is 4.63. The van der Waals surface area contributed by atoms with Gasteiger partial charge in [0.2, 0.25) is 0 Å². The van der Waals surface area contributed by atoms with Crippen LogP contribution < -0.4 is 5.32 Å². The smallest absolute Gasteiger partial charge is 0.133 e. The molecule has 0 atom stereocenters. The summed E-state index contributed by atoms with van der Waals surface area (Å²) in [6.07, 6.45) is 8.54. The first-order valence-electron chi connectivity index (χ1n) is 6.99. The zero-order chi connectivity index (χ0) is 11.7. The van der Waals surface area contributed by atoms with Gasteiger partial charge in [0.05, 0.1) is 0 Å². The average molecular weight is 231 g/mol. The molecule has 1 saturated carbocycles. The Morgan fingerprint density at radius 1 is 1.24 bits per heavy atom. The van der Waals surface area contributed by atoms with Crippen LogP contribution in [0.15, 0.2) is 0 Å². The fourth-order valence-electron chi connectivity index (χ4n) is 2.54. The molecule has 0 amide bonds. The van der Waals surface area contributed by atoms with Crippen LogP contribution in [0.2, 0.25) is 0 Å². The monoisotopic (exact) mass is 231 g/mol. The minimum Gasteiger partial charge on any atom is -0.370 e. The summed E-state index contributed by atoms with van der Waals surface area (Å²) in [5.41, 5.74) is 2.70. The second-order valence-corrected chi connectivity index (χ2v) is 5.34. The molecule has 3 heteroatoms. The third-order valence-electron chi connectivity index (χ3n) is 3.69. The van der Waals surface area contributed by atoms with Crippen molar-refractivity contribution in [3.8, 4) is 0 Å². The van der Waals surface area contributed by atoms with E-state index in [2.05, 4.69) is 12.2 Å². The molecule has 2 aliphatic rings. The van der Waals surface area contributed by atoms with E-state index in [4.69, 9.17) is 9.97 Å². The van der Waals surface area contributed by atoms with E-state index in [1.54, 1.807) is 0 Å². The number of hydrogen-bond acceptors (Lipinski definition) is 3. The highest BCUT2D eigenvalue weighted by Crippen LogP contribution is 2.33. The van der Waals surface area contributed by atoms with Gasteiger partial charge in [-0.05, 0) is 44.4 Å². The molecule has 0 unspecified atom stereocenters.